The van der Waals surface area contributed by atoms with Gasteiger partial charge in [-0.05, 0) is 33.1 Å². The molecule has 352 valence electrons. The number of ether oxygens (including phenoxy) is 1. The Morgan fingerprint density at radius 1 is 0.762 bits per heavy atom. The summed E-state index contributed by atoms with van der Waals surface area (Å²) in [4.78, 5) is 135. The molecule has 2 heterocycles. The lowest BCUT2D eigenvalue weighted by Crippen LogP contribution is -2.59. The second-order valence-corrected chi connectivity index (χ2v) is 15.5. The first kappa shape index (κ1) is 53.0. The van der Waals surface area contributed by atoms with Crippen LogP contribution in [0.2, 0.25) is 0 Å². The SMILES string of the molecule is CCCCCCCCCCCC(=O)N[C@H](C(=O)NCC(=O)N[C@@H](C)C(=O)N[C@H]1COC(=O)[C@H](CCC(N)=O)NC(=O)[C@H](CCC(N)=O)NC(=O)[C@H](Cc2cnc[nH]2)NC1=O)[C@@H](C)O. The Morgan fingerprint density at radius 3 is 1.92 bits per heavy atom. The minimum absolute atomic E-state index is 0.154. The number of aliphatic hydroxyl groups excluding tert-OH is 1. The number of aromatic nitrogens is 2. The van der Waals surface area contributed by atoms with E-state index in [-0.39, 0.29) is 32.1 Å². The molecule has 23 heteroatoms. The number of nitrogens with one attached hydrogen (secondary N) is 8. The third kappa shape index (κ3) is 21.0. The van der Waals surface area contributed by atoms with E-state index in [0.29, 0.717) is 12.1 Å². The molecule has 1 aliphatic rings. The zero-order valence-corrected chi connectivity index (χ0v) is 36.3. The van der Waals surface area contributed by atoms with Crippen molar-refractivity contribution < 1.29 is 57.8 Å². The van der Waals surface area contributed by atoms with Gasteiger partial charge in [0.15, 0.2) is 0 Å². The third-order valence-electron chi connectivity index (χ3n) is 10.0. The van der Waals surface area contributed by atoms with Crippen LogP contribution in [0.3, 0.4) is 0 Å². The molecule has 9 amide bonds. The van der Waals surface area contributed by atoms with Crippen LogP contribution in [0.15, 0.2) is 12.5 Å². The van der Waals surface area contributed by atoms with Gasteiger partial charge >= 0.3 is 5.97 Å². The normalized spacial score (nSPS) is 19.7. The van der Waals surface area contributed by atoms with E-state index in [0.717, 1.165) is 25.7 Å². The molecule has 1 aliphatic heterocycles. The number of amides is 9. The highest BCUT2D eigenvalue weighted by Crippen LogP contribution is 2.11. The number of imidazole rings is 1. The first-order chi connectivity index (χ1) is 29.9. The number of hydrogen-bond acceptors (Lipinski definition) is 13. The van der Waals surface area contributed by atoms with Gasteiger partial charge in [-0.2, -0.15) is 0 Å². The van der Waals surface area contributed by atoms with Crippen LogP contribution in [0.1, 0.15) is 116 Å². The van der Waals surface area contributed by atoms with Crippen LogP contribution < -0.4 is 48.7 Å². The van der Waals surface area contributed by atoms with E-state index >= 15 is 0 Å². The summed E-state index contributed by atoms with van der Waals surface area (Å²) in [6.45, 7) is 3.19. The molecule has 7 atom stereocenters. The number of cyclic esters (lactones) is 1. The Labute approximate surface area is 365 Å². The number of aromatic amines is 1. The van der Waals surface area contributed by atoms with Gasteiger partial charge in [-0.1, -0.05) is 58.3 Å². The fourth-order valence-electron chi connectivity index (χ4n) is 6.36. The maximum absolute atomic E-state index is 13.7. The highest BCUT2D eigenvalue weighted by atomic mass is 16.5. The predicted octanol–water partition coefficient (Wildman–Crippen LogP) is -2.61. The van der Waals surface area contributed by atoms with Crippen LogP contribution in [-0.4, -0.2) is 130 Å². The van der Waals surface area contributed by atoms with E-state index in [1.165, 1.54) is 52.1 Å². The summed E-state index contributed by atoms with van der Waals surface area (Å²) in [5.74, 6) is -8.77. The zero-order valence-electron chi connectivity index (χ0n) is 36.3. The Bertz CT molecular complexity index is 1710. The van der Waals surface area contributed by atoms with Gasteiger partial charge in [-0.3, -0.25) is 43.2 Å². The van der Waals surface area contributed by atoms with E-state index in [1.54, 1.807) is 0 Å². The van der Waals surface area contributed by atoms with Crippen LogP contribution >= 0.6 is 0 Å². The summed E-state index contributed by atoms with van der Waals surface area (Å²) in [6, 6.07) is -8.86. The predicted molar refractivity (Wildman–Crippen MR) is 224 cm³/mol. The van der Waals surface area contributed by atoms with Gasteiger partial charge in [-0.25, -0.2) is 9.78 Å². The molecule has 0 aromatic carbocycles. The molecule has 1 saturated heterocycles. The first-order valence-electron chi connectivity index (χ1n) is 21.4. The lowest BCUT2D eigenvalue weighted by atomic mass is 10.1. The number of nitrogens with two attached hydrogens (primary N) is 2. The maximum Gasteiger partial charge on any atom is 0.328 e. The molecule has 0 unspecified atom stereocenters. The number of rotatable bonds is 26. The minimum Gasteiger partial charge on any atom is -0.461 e. The summed E-state index contributed by atoms with van der Waals surface area (Å²) in [5.41, 5.74) is 10.9. The second kappa shape index (κ2) is 28.5. The van der Waals surface area contributed by atoms with Crippen molar-refractivity contribution in [1.29, 1.82) is 0 Å². The largest absolute Gasteiger partial charge is 0.461 e. The number of nitrogens with zero attached hydrogens (tertiary/aromatic N) is 1. The number of carbonyl (C=O) groups is 10. The van der Waals surface area contributed by atoms with Crippen molar-refractivity contribution in [3.8, 4) is 0 Å². The fourth-order valence-corrected chi connectivity index (χ4v) is 6.36. The van der Waals surface area contributed by atoms with Gasteiger partial charge in [0.05, 0.1) is 19.0 Å². The Balaban J connectivity index is 2.12. The highest BCUT2D eigenvalue weighted by Gasteiger charge is 2.35. The van der Waals surface area contributed by atoms with Crippen molar-refractivity contribution in [3.05, 3.63) is 18.2 Å². The maximum atomic E-state index is 13.7. The summed E-state index contributed by atoms with van der Waals surface area (Å²) in [7, 11) is 0. The number of hydrogen-bond donors (Lipinski definition) is 11. The molecule has 13 N–H and O–H groups in total. The number of esters is 1. The van der Waals surface area contributed by atoms with Crippen molar-refractivity contribution in [2.45, 2.75) is 159 Å². The molecule has 63 heavy (non-hydrogen) atoms. The number of primary amides is 2. The van der Waals surface area contributed by atoms with E-state index in [4.69, 9.17) is 16.2 Å². The molecule has 2 rings (SSSR count). The lowest BCUT2D eigenvalue weighted by Gasteiger charge is -2.25. The van der Waals surface area contributed by atoms with E-state index in [2.05, 4.69) is 54.1 Å². The van der Waals surface area contributed by atoms with Gasteiger partial charge in [0.25, 0.3) is 0 Å². The second-order valence-electron chi connectivity index (χ2n) is 15.5. The molecule has 23 nitrogen and oxygen atoms in total. The quantitative estimate of drug-likeness (QED) is 0.0336. The molecule has 1 fully saturated rings. The number of aliphatic hydroxyl groups is 1. The molecule has 0 spiro atoms. The Kier molecular flexibility index (Phi) is 24.0. The Hall–Kier alpha value is -6.13. The van der Waals surface area contributed by atoms with Crippen LogP contribution in [0.4, 0.5) is 0 Å². The van der Waals surface area contributed by atoms with Gasteiger partial charge < -0.3 is 63.5 Å². The molecule has 0 bridgehead atoms. The summed E-state index contributed by atoms with van der Waals surface area (Å²) in [6.07, 6.45) is 9.40. The summed E-state index contributed by atoms with van der Waals surface area (Å²) >= 11 is 0. The molecular weight excluding hydrogens is 827 g/mol. The van der Waals surface area contributed by atoms with Crippen molar-refractivity contribution in [2.24, 2.45) is 11.5 Å². The average molecular weight is 892 g/mol. The van der Waals surface area contributed by atoms with Crippen molar-refractivity contribution in [1.82, 2.24) is 47.2 Å². The van der Waals surface area contributed by atoms with E-state index in [9.17, 15) is 53.1 Å². The van der Waals surface area contributed by atoms with Crippen LogP contribution in [0.5, 0.6) is 0 Å². The van der Waals surface area contributed by atoms with E-state index < -0.39 is 121 Å². The van der Waals surface area contributed by atoms with Gasteiger partial charge in [0.1, 0.15) is 42.9 Å². The number of unbranched alkanes of at least 4 members (excludes halogenated alkanes) is 8. The van der Waals surface area contributed by atoms with Gasteiger partial charge in [-0.15, -0.1) is 0 Å². The van der Waals surface area contributed by atoms with E-state index in [1.807, 2.05) is 0 Å². The minimum atomic E-state index is -1.71. The summed E-state index contributed by atoms with van der Waals surface area (Å²) in [5, 5.41) is 27.0. The molecule has 0 aliphatic carbocycles. The van der Waals surface area contributed by atoms with Gasteiger partial charge in [0.2, 0.25) is 53.2 Å². The van der Waals surface area contributed by atoms with Crippen LogP contribution in [-0.2, 0) is 59.1 Å². The fraction of sp³-hybridized carbons (Fsp3) is 0.675. The molecule has 0 radical (unpaired) electrons. The lowest BCUT2D eigenvalue weighted by molar-refractivity contribution is -0.150. The molecule has 0 saturated carbocycles. The standard InChI is InChI=1S/C40H65N11O12/c1-4-5-6-7-8-9-10-11-12-13-32(55)51-34(24(3)52)39(61)44-20-33(56)46-23(2)35(57)50-29-21-63-40(62)27(15-17-31(42)54)48-36(58)26(14-16-30(41)53)47-37(59)28(49-38(29)60)18-25-19-43-22-45-25/h19,22-24,26-29,34,52H,4-18,20-21H2,1-3H3,(H2,41,53)(H2,42,54)(H,43,45)(H,44,61)(H,46,56)(H,47,59)(H,48,58)(H,49,60)(H,50,57)(H,51,55)/t23-,24+,26-,27-,28-,29-,34-/m0/s1. The van der Waals surface area contributed by atoms with Crippen molar-refractivity contribution in [3.63, 3.8) is 0 Å². The summed E-state index contributed by atoms with van der Waals surface area (Å²) < 4.78 is 5.32. The number of carbonyl (C=O) groups excluding carboxylic acids is 10. The molecular formula is C40H65N11O12. The van der Waals surface area contributed by atoms with Crippen LogP contribution in [0.25, 0.3) is 0 Å². The Morgan fingerprint density at radius 2 is 1.33 bits per heavy atom. The third-order valence-corrected chi connectivity index (χ3v) is 10.0. The van der Waals surface area contributed by atoms with Crippen molar-refractivity contribution >= 4 is 59.1 Å². The van der Waals surface area contributed by atoms with Crippen molar-refractivity contribution in [2.75, 3.05) is 13.2 Å². The monoisotopic (exact) mass is 891 g/mol. The smallest absolute Gasteiger partial charge is 0.328 e. The number of H-pyrrole nitrogens is 1. The zero-order chi connectivity index (χ0) is 46.9. The molecule has 1 aromatic rings. The topological polar surface area (TPSA) is 365 Å². The van der Waals surface area contributed by atoms with Gasteiger partial charge in [0, 0.05) is 37.6 Å². The highest BCUT2D eigenvalue weighted by molar-refractivity contribution is 5.97. The average Bonchev–Trinajstić information content (AvgIpc) is 3.74. The molecule has 1 aromatic heterocycles. The first-order valence-corrected chi connectivity index (χ1v) is 21.4. The van der Waals surface area contributed by atoms with Crippen LogP contribution in [0, 0.1) is 0 Å².